The van der Waals surface area contributed by atoms with Gasteiger partial charge in [-0.05, 0) is 29.8 Å². The van der Waals surface area contributed by atoms with E-state index in [1.54, 1.807) is 18.2 Å². The molecule has 2 aromatic rings. The predicted molar refractivity (Wildman–Crippen MR) is 55.7 cm³/mol. The van der Waals surface area contributed by atoms with Gasteiger partial charge < -0.3 is 14.3 Å². The molecule has 0 bridgehead atoms. The number of methoxy groups -OCH3 is 1. The van der Waals surface area contributed by atoms with E-state index >= 15 is 0 Å². The van der Waals surface area contributed by atoms with Crippen molar-refractivity contribution in [3.05, 3.63) is 53.7 Å². The van der Waals surface area contributed by atoms with E-state index in [0.717, 1.165) is 0 Å². The van der Waals surface area contributed by atoms with Crippen molar-refractivity contribution >= 4 is 0 Å². The number of ether oxygens (including phenoxy) is 1. The lowest BCUT2D eigenvalue weighted by molar-refractivity contribution is 0.188. The predicted octanol–water partition coefficient (Wildman–Crippen LogP) is 2.51. The largest absolute Gasteiger partial charge is 0.494 e. The summed E-state index contributed by atoms with van der Waals surface area (Å²) in [5.41, 5.74) is 0.424. The molecule has 0 unspecified atom stereocenters. The van der Waals surface area contributed by atoms with Crippen LogP contribution in [0.2, 0.25) is 0 Å². The molecule has 0 amide bonds. The van der Waals surface area contributed by atoms with Crippen LogP contribution < -0.4 is 4.74 Å². The van der Waals surface area contributed by atoms with Crippen molar-refractivity contribution in [3.63, 3.8) is 0 Å². The van der Waals surface area contributed by atoms with Gasteiger partial charge in [-0.15, -0.1) is 0 Å². The van der Waals surface area contributed by atoms with Gasteiger partial charge in [0.15, 0.2) is 11.6 Å². The second-order valence-corrected chi connectivity index (χ2v) is 3.31. The molecule has 0 fully saturated rings. The zero-order chi connectivity index (χ0) is 11.5. The number of furan rings is 1. The van der Waals surface area contributed by atoms with Gasteiger partial charge in [-0.2, -0.15) is 0 Å². The molecule has 0 radical (unpaired) electrons. The summed E-state index contributed by atoms with van der Waals surface area (Å²) >= 11 is 0. The quantitative estimate of drug-likeness (QED) is 0.867. The molecule has 0 aliphatic heterocycles. The van der Waals surface area contributed by atoms with Crippen LogP contribution in [0, 0.1) is 5.82 Å². The van der Waals surface area contributed by atoms with Crippen molar-refractivity contribution in [2.45, 2.75) is 6.10 Å². The third-order valence-electron chi connectivity index (χ3n) is 2.30. The molecular formula is C12H11FO3. The van der Waals surface area contributed by atoms with Crippen molar-refractivity contribution in [3.8, 4) is 5.75 Å². The molecule has 84 valence electrons. The monoisotopic (exact) mass is 222 g/mol. The summed E-state index contributed by atoms with van der Waals surface area (Å²) in [5, 5.41) is 9.87. The molecule has 0 aliphatic carbocycles. The molecule has 1 aromatic carbocycles. The number of hydrogen-bond acceptors (Lipinski definition) is 3. The Morgan fingerprint density at radius 2 is 2.19 bits per heavy atom. The number of benzene rings is 1. The third kappa shape index (κ3) is 1.92. The van der Waals surface area contributed by atoms with Crippen LogP contribution in [0.4, 0.5) is 4.39 Å². The lowest BCUT2D eigenvalue weighted by atomic mass is 10.1. The Hall–Kier alpha value is -1.81. The summed E-state index contributed by atoms with van der Waals surface area (Å²) < 4.78 is 23.2. The standard InChI is InChI=1S/C12H11FO3/c1-15-10-5-4-8(7-9(10)13)12(14)11-3-2-6-16-11/h2-7,12,14H,1H3/t12-/m0/s1. The maximum absolute atomic E-state index is 13.4. The summed E-state index contributed by atoms with van der Waals surface area (Å²) in [7, 11) is 1.39. The van der Waals surface area contributed by atoms with Gasteiger partial charge in [0.2, 0.25) is 0 Å². The first-order valence-electron chi connectivity index (χ1n) is 4.77. The van der Waals surface area contributed by atoms with Crippen molar-refractivity contribution in [2.75, 3.05) is 7.11 Å². The first-order valence-corrected chi connectivity index (χ1v) is 4.77. The molecule has 0 saturated carbocycles. The molecule has 0 aliphatic rings. The van der Waals surface area contributed by atoms with Gasteiger partial charge in [-0.3, -0.25) is 0 Å². The number of halogens is 1. The van der Waals surface area contributed by atoms with Crippen molar-refractivity contribution in [1.82, 2.24) is 0 Å². The van der Waals surface area contributed by atoms with E-state index in [1.807, 2.05) is 0 Å². The van der Waals surface area contributed by atoms with Crippen molar-refractivity contribution in [2.24, 2.45) is 0 Å². The van der Waals surface area contributed by atoms with E-state index in [1.165, 1.54) is 25.5 Å². The Morgan fingerprint density at radius 3 is 2.75 bits per heavy atom. The highest BCUT2D eigenvalue weighted by molar-refractivity contribution is 5.32. The SMILES string of the molecule is COc1ccc([C@H](O)c2ccco2)cc1F. The summed E-state index contributed by atoms with van der Waals surface area (Å²) in [6.07, 6.45) is 0.494. The molecule has 3 nitrogen and oxygen atoms in total. The molecule has 1 heterocycles. The second-order valence-electron chi connectivity index (χ2n) is 3.31. The topological polar surface area (TPSA) is 42.6 Å². The van der Waals surface area contributed by atoms with Crippen LogP contribution in [0.25, 0.3) is 0 Å². The molecule has 1 atom stereocenters. The Bertz CT molecular complexity index is 465. The Balaban J connectivity index is 2.31. The van der Waals surface area contributed by atoms with Gasteiger partial charge in [-0.1, -0.05) is 6.07 Å². The average Bonchev–Trinajstić information content (AvgIpc) is 2.81. The third-order valence-corrected chi connectivity index (χ3v) is 2.30. The second kappa shape index (κ2) is 4.37. The molecule has 1 aromatic heterocycles. The minimum Gasteiger partial charge on any atom is -0.494 e. The van der Waals surface area contributed by atoms with Crippen molar-refractivity contribution < 1.29 is 18.7 Å². The fraction of sp³-hybridized carbons (Fsp3) is 0.167. The lowest BCUT2D eigenvalue weighted by Gasteiger charge is -2.09. The number of aliphatic hydroxyl groups is 1. The van der Waals surface area contributed by atoms with E-state index in [-0.39, 0.29) is 5.75 Å². The summed E-state index contributed by atoms with van der Waals surface area (Å²) in [4.78, 5) is 0. The van der Waals surface area contributed by atoms with E-state index in [4.69, 9.17) is 9.15 Å². The normalized spacial score (nSPS) is 12.4. The van der Waals surface area contributed by atoms with E-state index in [9.17, 15) is 9.50 Å². The molecule has 16 heavy (non-hydrogen) atoms. The highest BCUT2D eigenvalue weighted by atomic mass is 19.1. The van der Waals surface area contributed by atoms with Crippen LogP contribution in [0.1, 0.15) is 17.4 Å². The van der Waals surface area contributed by atoms with E-state index in [2.05, 4.69) is 0 Å². The maximum atomic E-state index is 13.4. The van der Waals surface area contributed by atoms with Gasteiger partial charge >= 0.3 is 0 Å². The molecule has 0 saturated heterocycles. The minimum atomic E-state index is -0.963. The van der Waals surface area contributed by atoms with Crippen LogP contribution in [-0.2, 0) is 0 Å². The van der Waals surface area contributed by atoms with E-state index in [0.29, 0.717) is 11.3 Å². The Labute approximate surface area is 92.1 Å². The Morgan fingerprint density at radius 1 is 1.38 bits per heavy atom. The van der Waals surface area contributed by atoms with Gasteiger partial charge in [0.1, 0.15) is 11.9 Å². The summed E-state index contributed by atoms with van der Waals surface area (Å²) in [6.45, 7) is 0. The summed E-state index contributed by atoms with van der Waals surface area (Å²) in [5.74, 6) is 0.0190. The number of rotatable bonds is 3. The molecule has 4 heteroatoms. The molecule has 0 spiro atoms. The van der Waals surface area contributed by atoms with Gasteiger partial charge in [0, 0.05) is 0 Å². The number of hydrogen-bond donors (Lipinski definition) is 1. The van der Waals surface area contributed by atoms with E-state index < -0.39 is 11.9 Å². The molecular weight excluding hydrogens is 211 g/mol. The fourth-order valence-corrected chi connectivity index (χ4v) is 1.46. The van der Waals surface area contributed by atoms with Gasteiger partial charge in [-0.25, -0.2) is 4.39 Å². The summed E-state index contributed by atoms with van der Waals surface area (Å²) in [6, 6.07) is 7.59. The van der Waals surface area contributed by atoms with Crippen molar-refractivity contribution in [1.29, 1.82) is 0 Å². The van der Waals surface area contributed by atoms with Gasteiger partial charge in [0.25, 0.3) is 0 Å². The Kier molecular flexibility index (Phi) is 2.92. The maximum Gasteiger partial charge on any atom is 0.165 e. The zero-order valence-corrected chi connectivity index (χ0v) is 8.68. The first kappa shape index (κ1) is 10.7. The van der Waals surface area contributed by atoms with Gasteiger partial charge in [0.05, 0.1) is 13.4 Å². The van der Waals surface area contributed by atoms with Crippen LogP contribution in [0.5, 0.6) is 5.75 Å². The van der Waals surface area contributed by atoms with Crippen LogP contribution in [0.3, 0.4) is 0 Å². The molecule has 2 rings (SSSR count). The first-order chi connectivity index (χ1) is 7.72. The highest BCUT2D eigenvalue weighted by Gasteiger charge is 2.15. The number of aliphatic hydroxyl groups excluding tert-OH is 1. The minimum absolute atomic E-state index is 0.149. The fourth-order valence-electron chi connectivity index (χ4n) is 1.46. The smallest absolute Gasteiger partial charge is 0.165 e. The van der Waals surface area contributed by atoms with Crippen LogP contribution in [0.15, 0.2) is 41.0 Å². The highest BCUT2D eigenvalue weighted by Crippen LogP contribution is 2.26. The average molecular weight is 222 g/mol. The van der Waals surface area contributed by atoms with Crippen LogP contribution >= 0.6 is 0 Å². The lowest BCUT2D eigenvalue weighted by Crippen LogP contribution is -1.99. The zero-order valence-electron chi connectivity index (χ0n) is 8.68. The van der Waals surface area contributed by atoms with Crippen LogP contribution in [-0.4, -0.2) is 12.2 Å². The molecule has 1 N–H and O–H groups in total.